The Morgan fingerprint density at radius 2 is 2.00 bits per heavy atom. The normalized spacial score (nSPS) is 24.4. The Bertz CT molecular complexity index is 1320. The zero-order valence-corrected chi connectivity index (χ0v) is 22.1. The predicted octanol–water partition coefficient (Wildman–Crippen LogP) is 5.77. The molecule has 6 rings (SSSR count). The molecule has 1 amide bonds. The van der Waals surface area contributed by atoms with Crippen LogP contribution < -0.4 is 10.2 Å². The van der Waals surface area contributed by atoms with Crippen LogP contribution in [0.1, 0.15) is 85.2 Å². The van der Waals surface area contributed by atoms with Gasteiger partial charge in [-0.15, -0.1) is 10.2 Å². The standard InChI is InChI=1S/C29H34ClN5O/c1-4-19-14-29(15-19,27-33-32-18-34(27)3)21-7-5-8-22(13-21)35-17-24-23(26(35)36)11-20(12-25(24)30)16-31-28(2)9-6-10-28/h5,7-8,11-13,18-19,31H,4,6,9-10,14-17H2,1-3H3/t19-,29-. The number of aromatic nitrogens is 3. The highest BCUT2D eigenvalue weighted by molar-refractivity contribution is 6.32. The summed E-state index contributed by atoms with van der Waals surface area (Å²) in [6, 6.07) is 12.5. The Balaban J connectivity index is 1.29. The van der Waals surface area contributed by atoms with Crippen molar-refractivity contribution in [3.63, 3.8) is 0 Å². The number of halogens is 1. The molecule has 1 N–H and O–H groups in total. The maximum atomic E-state index is 13.6. The number of carbonyl (C=O) groups excluding carboxylic acids is 1. The first kappa shape index (κ1) is 23.7. The van der Waals surface area contributed by atoms with Crippen molar-refractivity contribution in [3.8, 4) is 0 Å². The average Bonchev–Trinajstić information content (AvgIpc) is 3.40. The molecule has 36 heavy (non-hydrogen) atoms. The second-order valence-corrected chi connectivity index (χ2v) is 11.8. The van der Waals surface area contributed by atoms with Gasteiger partial charge in [0.2, 0.25) is 0 Å². The monoisotopic (exact) mass is 503 g/mol. The van der Waals surface area contributed by atoms with E-state index in [1.807, 2.05) is 34.7 Å². The summed E-state index contributed by atoms with van der Waals surface area (Å²) in [5.41, 5.74) is 4.87. The van der Waals surface area contributed by atoms with E-state index >= 15 is 0 Å². The highest BCUT2D eigenvalue weighted by Crippen LogP contribution is 2.53. The number of carbonyl (C=O) groups is 1. The van der Waals surface area contributed by atoms with Gasteiger partial charge in [0.1, 0.15) is 12.2 Å². The fraction of sp³-hybridized carbons (Fsp3) is 0.483. The van der Waals surface area contributed by atoms with Gasteiger partial charge in [0.25, 0.3) is 5.91 Å². The van der Waals surface area contributed by atoms with Crippen LogP contribution in [0.15, 0.2) is 42.7 Å². The van der Waals surface area contributed by atoms with Gasteiger partial charge in [0.15, 0.2) is 0 Å². The lowest BCUT2D eigenvalue weighted by Gasteiger charge is -2.47. The minimum absolute atomic E-state index is 0.0218. The Hall–Kier alpha value is -2.70. The van der Waals surface area contributed by atoms with Crippen molar-refractivity contribution in [2.45, 2.75) is 76.4 Å². The van der Waals surface area contributed by atoms with Crippen LogP contribution in [0, 0.1) is 5.92 Å². The number of fused-ring (bicyclic) bond motifs is 1. The molecule has 0 saturated heterocycles. The van der Waals surface area contributed by atoms with Crippen molar-refractivity contribution < 1.29 is 4.79 Å². The first-order valence-corrected chi connectivity index (χ1v) is 13.5. The molecule has 2 fully saturated rings. The fourth-order valence-electron chi connectivity index (χ4n) is 6.38. The molecule has 3 aromatic rings. The zero-order chi connectivity index (χ0) is 25.1. The lowest BCUT2D eigenvalue weighted by atomic mass is 9.57. The quantitative estimate of drug-likeness (QED) is 0.444. The van der Waals surface area contributed by atoms with Crippen LogP contribution in [0.4, 0.5) is 5.69 Å². The van der Waals surface area contributed by atoms with Gasteiger partial charge in [-0.25, -0.2) is 0 Å². The first-order valence-electron chi connectivity index (χ1n) is 13.2. The van der Waals surface area contributed by atoms with E-state index in [1.165, 1.54) is 24.8 Å². The minimum Gasteiger partial charge on any atom is -0.320 e. The summed E-state index contributed by atoms with van der Waals surface area (Å²) in [6.07, 6.45) is 8.71. The maximum Gasteiger partial charge on any atom is 0.258 e. The van der Waals surface area contributed by atoms with Crippen LogP contribution in [0.3, 0.4) is 0 Å². The number of anilines is 1. The molecule has 188 valence electrons. The number of nitrogens with zero attached hydrogens (tertiary/aromatic N) is 4. The molecule has 2 saturated carbocycles. The fourth-order valence-corrected chi connectivity index (χ4v) is 6.68. The summed E-state index contributed by atoms with van der Waals surface area (Å²) in [5, 5.41) is 13.0. The molecule has 2 heterocycles. The minimum atomic E-state index is -0.161. The number of nitrogens with one attached hydrogen (secondary N) is 1. The van der Waals surface area contributed by atoms with Gasteiger partial charge in [-0.05, 0) is 80.3 Å². The SMILES string of the molecule is CC[C@H]1C[C@](c2cccc(N3Cc4c(Cl)cc(CNC5(C)CCC5)cc4C3=O)c2)(c2nncn2C)C1. The highest BCUT2D eigenvalue weighted by atomic mass is 35.5. The highest BCUT2D eigenvalue weighted by Gasteiger charge is 2.49. The van der Waals surface area contributed by atoms with E-state index < -0.39 is 0 Å². The molecular weight excluding hydrogens is 470 g/mol. The van der Waals surface area contributed by atoms with Crippen molar-refractivity contribution in [2.75, 3.05) is 4.90 Å². The van der Waals surface area contributed by atoms with Crippen molar-refractivity contribution in [1.29, 1.82) is 0 Å². The molecule has 6 nitrogen and oxygen atoms in total. The van der Waals surface area contributed by atoms with Crippen LogP contribution in [-0.2, 0) is 25.6 Å². The van der Waals surface area contributed by atoms with E-state index in [4.69, 9.17) is 11.6 Å². The molecule has 2 aromatic carbocycles. The smallest absolute Gasteiger partial charge is 0.258 e. The van der Waals surface area contributed by atoms with Crippen LogP contribution in [-0.4, -0.2) is 26.2 Å². The van der Waals surface area contributed by atoms with E-state index in [1.54, 1.807) is 6.33 Å². The molecule has 1 aliphatic heterocycles. The van der Waals surface area contributed by atoms with Gasteiger partial charge in [0.05, 0.1) is 12.0 Å². The average molecular weight is 504 g/mol. The van der Waals surface area contributed by atoms with Crippen LogP contribution in [0.5, 0.6) is 0 Å². The maximum absolute atomic E-state index is 13.6. The summed E-state index contributed by atoms with van der Waals surface area (Å²) in [6.45, 7) is 5.74. The van der Waals surface area contributed by atoms with Gasteiger partial charge in [-0.1, -0.05) is 37.1 Å². The number of hydrogen-bond acceptors (Lipinski definition) is 4. The van der Waals surface area contributed by atoms with Gasteiger partial charge >= 0.3 is 0 Å². The molecule has 1 aromatic heterocycles. The van der Waals surface area contributed by atoms with E-state index in [9.17, 15) is 4.79 Å². The van der Waals surface area contributed by atoms with Crippen molar-refractivity contribution >= 4 is 23.2 Å². The summed E-state index contributed by atoms with van der Waals surface area (Å²) in [7, 11) is 2.01. The Kier molecular flexibility index (Phi) is 5.73. The van der Waals surface area contributed by atoms with Crippen LogP contribution >= 0.6 is 11.6 Å². The number of aryl methyl sites for hydroxylation is 1. The largest absolute Gasteiger partial charge is 0.320 e. The predicted molar refractivity (Wildman–Crippen MR) is 142 cm³/mol. The molecule has 0 unspecified atom stereocenters. The van der Waals surface area contributed by atoms with Gasteiger partial charge in [0, 0.05) is 41.0 Å². The number of rotatable bonds is 7. The van der Waals surface area contributed by atoms with Crippen molar-refractivity contribution in [3.05, 3.63) is 75.8 Å². The molecule has 2 aliphatic carbocycles. The summed E-state index contributed by atoms with van der Waals surface area (Å²) in [5.74, 6) is 1.70. The second-order valence-electron chi connectivity index (χ2n) is 11.3. The second kappa shape index (κ2) is 8.70. The van der Waals surface area contributed by atoms with Crippen LogP contribution in [0.25, 0.3) is 0 Å². The summed E-state index contributed by atoms with van der Waals surface area (Å²) < 4.78 is 2.04. The van der Waals surface area contributed by atoms with E-state index in [0.717, 1.165) is 54.0 Å². The molecule has 0 bridgehead atoms. The topological polar surface area (TPSA) is 63.1 Å². The van der Waals surface area contributed by atoms with Gasteiger partial charge in [-0.3, -0.25) is 4.79 Å². The van der Waals surface area contributed by atoms with Crippen molar-refractivity contribution in [1.82, 2.24) is 20.1 Å². The van der Waals surface area contributed by atoms with E-state index in [2.05, 4.69) is 47.6 Å². The third kappa shape index (κ3) is 3.77. The molecule has 0 radical (unpaired) electrons. The lowest BCUT2D eigenvalue weighted by molar-refractivity contribution is 0.0996. The molecular formula is C29H34ClN5O. The Labute approximate surface area is 218 Å². The third-order valence-electron chi connectivity index (χ3n) is 8.92. The third-order valence-corrected chi connectivity index (χ3v) is 9.26. The summed E-state index contributed by atoms with van der Waals surface area (Å²) in [4.78, 5) is 15.5. The van der Waals surface area contributed by atoms with E-state index in [0.29, 0.717) is 17.5 Å². The Morgan fingerprint density at radius 3 is 2.67 bits per heavy atom. The van der Waals surface area contributed by atoms with Crippen LogP contribution in [0.2, 0.25) is 5.02 Å². The zero-order valence-electron chi connectivity index (χ0n) is 21.4. The lowest BCUT2D eigenvalue weighted by Crippen LogP contribution is -2.47. The number of hydrogen-bond donors (Lipinski definition) is 1. The van der Waals surface area contributed by atoms with Crippen molar-refractivity contribution in [2.24, 2.45) is 13.0 Å². The van der Waals surface area contributed by atoms with Gasteiger partial charge in [-0.2, -0.15) is 0 Å². The molecule has 0 spiro atoms. The molecule has 0 atom stereocenters. The van der Waals surface area contributed by atoms with Gasteiger partial charge < -0.3 is 14.8 Å². The first-order chi connectivity index (χ1) is 17.3. The van der Waals surface area contributed by atoms with E-state index in [-0.39, 0.29) is 16.9 Å². The summed E-state index contributed by atoms with van der Waals surface area (Å²) >= 11 is 6.72. The number of benzene rings is 2. The Morgan fingerprint density at radius 1 is 1.19 bits per heavy atom. The molecule has 7 heteroatoms. The molecule has 3 aliphatic rings. The number of amides is 1.